The van der Waals surface area contributed by atoms with E-state index >= 15 is 0 Å². The summed E-state index contributed by atoms with van der Waals surface area (Å²) in [6, 6.07) is 1.39. The van der Waals surface area contributed by atoms with Gasteiger partial charge in [-0.2, -0.15) is 13.2 Å². The van der Waals surface area contributed by atoms with E-state index < -0.39 is 11.7 Å². The highest BCUT2D eigenvalue weighted by Crippen LogP contribution is 2.34. The highest BCUT2D eigenvalue weighted by atomic mass is 35.5. The van der Waals surface area contributed by atoms with Crippen LogP contribution in [0.3, 0.4) is 0 Å². The molecule has 0 aliphatic carbocycles. The Kier molecular flexibility index (Phi) is 7.30. The van der Waals surface area contributed by atoms with Crippen molar-refractivity contribution in [1.82, 2.24) is 10.3 Å². The summed E-state index contributed by atoms with van der Waals surface area (Å²) >= 11 is 7.27. The van der Waals surface area contributed by atoms with Crippen LogP contribution in [0.2, 0.25) is 5.02 Å². The average molecular weight is 341 g/mol. The fourth-order valence-corrected chi connectivity index (χ4v) is 2.96. The number of halogens is 4. The Hall–Kier alpha value is -0.460. The fourth-order valence-electron chi connectivity index (χ4n) is 1.81. The molecule has 2 nitrogen and oxygen atoms in total. The van der Waals surface area contributed by atoms with Crippen molar-refractivity contribution < 1.29 is 13.2 Å². The molecule has 0 saturated carbocycles. The summed E-state index contributed by atoms with van der Waals surface area (Å²) in [4.78, 5) is 3.84. The lowest BCUT2D eigenvalue weighted by atomic mass is 10.2. The summed E-state index contributed by atoms with van der Waals surface area (Å²) in [5, 5.41) is 4.08. The normalized spacial score (nSPS) is 13.7. The fraction of sp³-hybridized carbons (Fsp3) is 0.643. The van der Waals surface area contributed by atoms with E-state index in [1.807, 2.05) is 6.92 Å². The number of nitrogens with one attached hydrogen (secondary N) is 1. The molecule has 0 amide bonds. The van der Waals surface area contributed by atoms with Crippen molar-refractivity contribution >= 4 is 23.4 Å². The van der Waals surface area contributed by atoms with E-state index in [0.29, 0.717) is 11.1 Å². The molecule has 1 atom stereocenters. The third kappa shape index (κ3) is 6.04. The summed E-state index contributed by atoms with van der Waals surface area (Å²) in [7, 11) is 0. The molecule has 0 aromatic carbocycles. The summed E-state index contributed by atoms with van der Waals surface area (Å²) in [6.07, 6.45) is -1.49. The topological polar surface area (TPSA) is 24.9 Å². The van der Waals surface area contributed by atoms with Gasteiger partial charge in [0.05, 0.1) is 10.6 Å². The second-order valence-corrected chi connectivity index (χ2v) is 6.69. The number of hydrogen-bond donors (Lipinski definition) is 1. The van der Waals surface area contributed by atoms with Crippen LogP contribution >= 0.6 is 23.4 Å². The minimum Gasteiger partial charge on any atom is -0.313 e. The van der Waals surface area contributed by atoms with Crippen LogP contribution in [0.15, 0.2) is 17.3 Å². The highest BCUT2D eigenvalue weighted by molar-refractivity contribution is 8.00. The molecule has 0 bridgehead atoms. The van der Waals surface area contributed by atoms with E-state index in [-0.39, 0.29) is 10.3 Å². The zero-order chi connectivity index (χ0) is 16.0. The number of hydrogen-bond acceptors (Lipinski definition) is 3. The molecule has 1 aromatic rings. The SMILES string of the molecule is CCC(CC)NCC(C)Sc1ncc(C(F)(F)F)cc1Cl. The first-order valence-electron chi connectivity index (χ1n) is 6.90. The van der Waals surface area contributed by atoms with Crippen LogP contribution in [0, 0.1) is 0 Å². The maximum absolute atomic E-state index is 12.5. The number of pyridine rings is 1. The van der Waals surface area contributed by atoms with E-state index in [9.17, 15) is 13.2 Å². The van der Waals surface area contributed by atoms with Gasteiger partial charge >= 0.3 is 6.18 Å². The Morgan fingerprint density at radius 1 is 1.33 bits per heavy atom. The predicted molar refractivity (Wildman–Crippen MR) is 81.9 cm³/mol. The van der Waals surface area contributed by atoms with E-state index in [0.717, 1.165) is 31.6 Å². The quantitative estimate of drug-likeness (QED) is 0.706. The monoisotopic (exact) mass is 340 g/mol. The highest BCUT2D eigenvalue weighted by Gasteiger charge is 2.31. The molecule has 0 radical (unpaired) electrons. The smallest absolute Gasteiger partial charge is 0.313 e. The van der Waals surface area contributed by atoms with E-state index in [1.54, 1.807) is 0 Å². The number of rotatable bonds is 7. The van der Waals surface area contributed by atoms with Gasteiger partial charge in [-0.25, -0.2) is 4.98 Å². The van der Waals surface area contributed by atoms with Crippen molar-refractivity contribution in [3.05, 3.63) is 22.8 Å². The van der Waals surface area contributed by atoms with Gasteiger partial charge in [0.25, 0.3) is 0 Å². The Morgan fingerprint density at radius 2 is 1.95 bits per heavy atom. The summed E-state index contributed by atoms with van der Waals surface area (Å²) in [5.74, 6) is 0. The van der Waals surface area contributed by atoms with Gasteiger partial charge in [-0.1, -0.05) is 32.4 Å². The second-order valence-electron chi connectivity index (χ2n) is 4.86. The van der Waals surface area contributed by atoms with Gasteiger partial charge < -0.3 is 5.32 Å². The lowest BCUT2D eigenvalue weighted by Gasteiger charge is -2.18. The maximum atomic E-state index is 12.5. The lowest BCUT2D eigenvalue weighted by Crippen LogP contribution is -2.32. The van der Waals surface area contributed by atoms with Gasteiger partial charge in [-0.3, -0.25) is 0 Å². The number of aromatic nitrogens is 1. The Balaban J connectivity index is 2.62. The molecule has 0 aliphatic rings. The number of alkyl halides is 3. The van der Waals surface area contributed by atoms with Crippen molar-refractivity contribution in [2.45, 2.75) is 56.1 Å². The molecule has 1 rings (SSSR count). The van der Waals surface area contributed by atoms with Crippen LogP contribution in [0.25, 0.3) is 0 Å². The van der Waals surface area contributed by atoms with Gasteiger partial charge in [0.2, 0.25) is 0 Å². The van der Waals surface area contributed by atoms with Crippen molar-refractivity contribution in [2.24, 2.45) is 0 Å². The van der Waals surface area contributed by atoms with Crippen LogP contribution in [-0.4, -0.2) is 22.8 Å². The first-order chi connectivity index (χ1) is 9.77. The molecular weight excluding hydrogens is 321 g/mol. The van der Waals surface area contributed by atoms with Gasteiger partial charge in [0, 0.05) is 24.0 Å². The van der Waals surface area contributed by atoms with Crippen molar-refractivity contribution in [2.75, 3.05) is 6.54 Å². The average Bonchev–Trinajstić information content (AvgIpc) is 2.41. The van der Waals surface area contributed by atoms with E-state index in [2.05, 4.69) is 24.1 Å². The van der Waals surface area contributed by atoms with Crippen LogP contribution in [0.5, 0.6) is 0 Å². The predicted octanol–water partition coefficient (Wildman–Crippen LogP) is 5.01. The van der Waals surface area contributed by atoms with Crippen molar-refractivity contribution in [1.29, 1.82) is 0 Å². The Bertz CT molecular complexity index is 450. The minimum atomic E-state index is -4.41. The minimum absolute atomic E-state index is 0.0456. The molecule has 1 unspecified atom stereocenters. The first-order valence-corrected chi connectivity index (χ1v) is 8.16. The largest absolute Gasteiger partial charge is 0.417 e. The summed E-state index contributed by atoms with van der Waals surface area (Å²) in [6.45, 7) is 6.99. The van der Waals surface area contributed by atoms with Crippen molar-refractivity contribution in [3.8, 4) is 0 Å². The third-order valence-electron chi connectivity index (χ3n) is 3.13. The molecule has 7 heteroatoms. The molecule has 0 aliphatic heterocycles. The second kappa shape index (κ2) is 8.25. The summed E-state index contributed by atoms with van der Waals surface area (Å²) < 4.78 is 37.6. The molecule has 1 N–H and O–H groups in total. The van der Waals surface area contributed by atoms with Crippen LogP contribution in [-0.2, 0) is 6.18 Å². The number of thioether (sulfide) groups is 1. The van der Waals surface area contributed by atoms with E-state index in [1.165, 1.54) is 11.8 Å². The molecule has 0 spiro atoms. The molecule has 0 fully saturated rings. The molecule has 1 aromatic heterocycles. The molecule has 0 saturated heterocycles. The molecule has 1 heterocycles. The zero-order valence-electron chi connectivity index (χ0n) is 12.3. The molecular formula is C14H20ClF3N2S. The number of nitrogens with zero attached hydrogens (tertiary/aromatic N) is 1. The third-order valence-corrected chi connectivity index (χ3v) is 4.64. The van der Waals surface area contributed by atoms with Gasteiger partial charge in [0.1, 0.15) is 5.03 Å². The first kappa shape index (κ1) is 18.6. The van der Waals surface area contributed by atoms with Gasteiger partial charge in [0.15, 0.2) is 0 Å². The van der Waals surface area contributed by atoms with Crippen LogP contribution < -0.4 is 5.32 Å². The zero-order valence-corrected chi connectivity index (χ0v) is 13.9. The summed E-state index contributed by atoms with van der Waals surface area (Å²) in [5.41, 5.74) is -0.820. The van der Waals surface area contributed by atoms with Crippen molar-refractivity contribution in [3.63, 3.8) is 0 Å². The lowest BCUT2D eigenvalue weighted by molar-refractivity contribution is -0.137. The van der Waals surface area contributed by atoms with E-state index in [4.69, 9.17) is 11.6 Å². The Labute approximate surface area is 132 Å². The standard InChI is InChI=1S/C14H20ClF3N2S/c1-4-11(5-2)19-7-9(3)21-13-12(15)6-10(8-20-13)14(16,17)18/h6,8-9,11,19H,4-5,7H2,1-3H3. The molecule has 120 valence electrons. The van der Waals surface area contributed by atoms with Crippen LogP contribution in [0.1, 0.15) is 39.2 Å². The Morgan fingerprint density at radius 3 is 2.43 bits per heavy atom. The van der Waals surface area contributed by atoms with Gasteiger partial charge in [-0.05, 0) is 18.9 Å². The van der Waals surface area contributed by atoms with Crippen LogP contribution in [0.4, 0.5) is 13.2 Å². The van der Waals surface area contributed by atoms with Gasteiger partial charge in [-0.15, -0.1) is 11.8 Å². The molecule has 21 heavy (non-hydrogen) atoms. The maximum Gasteiger partial charge on any atom is 0.417 e.